The van der Waals surface area contributed by atoms with Gasteiger partial charge in [0.15, 0.2) is 0 Å². The molecular weight excluding hydrogens is 279 g/mol. The summed E-state index contributed by atoms with van der Waals surface area (Å²) in [7, 11) is 0. The summed E-state index contributed by atoms with van der Waals surface area (Å²) in [5.41, 5.74) is 1.92. The second kappa shape index (κ2) is 6.48. The number of nitrogens with one attached hydrogen (secondary N) is 1. The Hall–Kier alpha value is -1.94. The zero-order valence-corrected chi connectivity index (χ0v) is 11.7. The van der Waals surface area contributed by atoms with Crippen LogP contribution < -0.4 is 5.32 Å². The zero-order chi connectivity index (χ0) is 14.5. The Kier molecular flexibility index (Phi) is 4.69. The molecule has 0 aliphatic heterocycles. The van der Waals surface area contributed by atoms with E-state index in [4.69, 9.17) is 11.6 Å². The Bertz CT molecular complexity index is 631. The molecule has 20 heavy (non-hydrogen) atoms. The van der Waals surface area contributed by atoms with E-state index in [-0.39, 0.29) is 18.3 Å². The molecule has 1 amide bonds. The lowest BCUT2D eigenvalue weighted by molar-refractivity contribution is 0.0950. The molecule has 0 aliphatic carbocycles. The van der Waals surface area contributed by atoms with Crippen molar-refractivity contribution in [2.45, 2.75) is 19.9 Å². The van der Waals surface area contributed by atoms with Crippen LogP contribution in [-0.4, -0.2) is 10.9 Å². The van der Waals surface area contributed by atoms with Crippen molar-refractivity contribution in [3.05, 3.63) is 64.2 Å². The highest BCUT2D eigenvalue weighted by molar-refractivity contribution is 6.29. The topological polar surface area (TPSA) is 42.0 Å². The molecular formula is C15H14ClFN2O. The van der Waals surface area contributed by atoms with E-state index in [9.17, 15) is 9.18 Å². The van der Waals surface area contributed by atoms with Crippen molar-refractivity contribution in [2.24, 2.45) is 0 Å². The van der Waals surface area contributed by atoms with E-state index in [0.717, 1.165) is 5.69 Å². The number of amides is 1. The fraction of sp³-hybridized carbons (Fsp3) is 0.200. The van der Waals surface area contributed by atoms with Gasteiger partial charge in [-0.1, -0.05) is 30.7 Å². The number of nitrogens with zero attached hydrogens (tertiary/aromatic N) is 1. The van der Waals surface area contributed by atoms with Crippen LogP contribution in [0.1, 0.15) is 28.5 Å². The summed E-state index contributed by atoms with van der Waals surface area (Å²) < 4.78 is 13.0. The molecule has 2 aromatic rings. The van der Waals surface area contributed by atoms with Gasteiger partial charge in [-0.3, -0.25) is 4.79 Å². The van der Waals surface area contributed by atoms with Gasteiger partial charge >= 0.3 is 0 Å². The van der Waals surface area contributed by atoms with Gasteiger partial charge in [0.25, 0.3) is 5.91 Å². The van der Waals surface area contributed by atoms with E-state index < -0.39 is 0 Å². The maximum atomic E-state index is 13.0. The second-order valence-corrected chi connectivity index (χ2v) is 4.72. The second-order valence-electron chi connectivity index (χ2n) is 4.34. The third kappa shape index (κ3) is 3.78. The molecule has 1 N–H and O–H groups in total. The van der Waals surface area contributed by atoms with Gasteiger partial charge in [0, 0.05) is 17.8 Å². The summed E-state index contributed by atoms with van der Waals surface area (Å²) in [5.74, 6) is -0.578. The van der Waals surface area contributed by atoms with E-state index in [1.54, 1.807) is 18.2 Å². The zero-order valence-electron chi connectivity index (χ0n) is 11.0. The number of aryl methyl sites for hydroxylation is 1. The minimum Gasteiger partial charge on any atom is -0.348 e. The van der Waals surface area contributed by atoms with E-state index in [2.05, 4.69) is 10.3 Å². The number of hydrogen-bond acceptors (Lipinski definition) is 2. The average Bonchev–Trinajstić information content (AvgIpc) is 2.44. The first kappa shape index (κ1) is 14.5. The van der Waals surface area contributed by atoms with Crippen LogP contribution in [-0.2, 0) is 13.0 Å². The minimum atomic E-state index is -0.322. The monoisotopic (exact) mass is 292 g/mol. The quantitative estimate of drug-likeness (QED) is 0.878. The Morgan fingerprint density at radius 2 is 2.15 bits per heavy atom. The van der Waals surface area contributed by atoms with Crippen LogP contribution in [0.3, 0.4) is 0 Å². The van der Waals surface area contributed by atoms with Gasteiger partial charge < -0.3 is 5.32 Å². The van der Waals surface area contributed by atoms with Gasteiger partial charge in [0.05, 0.1) is 0 Å². The van der Waals surface area contributed by atoms with Gasteiger partial charge in [-0.15, -0.1) is 0 Å². The molecule has 5 heteroatoms. The van der Waals surface area contributed by atoms with E-state index in [0.29, 0.717) is 22.7 Å². The highest BCUT2D eigenvalue weighted by atomic mass is 35.5. The fourth-order valence-electron chi connectivity index (χ4n) is 1.79. The first-order valence-corrected chi connectivity index (χ1v) is 6.65. The van der Waals surface area contributed by atoms with E-state index >= 15 is 0 Å². The Morgan fingerprint density at radius 1 is 1.35 bits per heavy atom. The van der Waals surface area contributed by atoms with Gasteiger partial charge in [-0.05, 0) is 36.2 Å². The molecule has 0 spiro atoms. The van der Waals surface area contributed by atoms with Gasteiger partial charge in [-0.2, -0.15) is 0 Å². The Labute approximate surface area is 121 Å². The molecule has 1 aromatic heterocycles. The molecule has 0 bridgehead atoms. The average molecular weight is 293 g/mol. The molecule has 0 atom stereocenters. The van der Waals surface area contributed by atoms with Gasteiger partial charge in [0.2, 0.25) is 0 Å². The van der Waals surface area contributed by atoms with Crippen LogP contribution in [0.4, 0.5) is 4.39 Å². The molecule has 2 rings (SSSR count). The standard InChI is InChI=1S/C15H14ClFN2O/c1-2-13-7-11(8-14(16)19-13)15(20)18-9-10-4-3-5-12(17)6-10/h3-8H,2,9H2,1H3,(H,18,20). The number of carbonyl (C=O) groups excluding carboxylic acids is 1. The largest absolute Gasteiger partial charge is 0.348 e. The number of halogens is 2. The highest BCUT2D eigenvalue weighted by Gasteiger charge is 2.08. The smallest absolute Gasteiger partial charge is 0.251 e. The predicted molar refractivity (Wildman–Crippen MR) is 76.2 cm³/mol. The predicted octanol–water partition coefficient (Wildman–Crippen LogP) is 3.37. The molecule has 0 fully saturated rings. The van der Waals surface area contributed by atoms with Crippen molar-refractivity contribution in [1.29, 1.82) is 0 Å². The normalized spacial score (nSPS) is 10.3. The molecule has 0 radical (unpaired) electrons. The number of hydrogen-bond donors (Lipinski definition) is 1. The van der Waals surface area contributed by atoms with Crippen LogP contribution in [0.25, 0.3) is 0 Å². The summed E-state index contributed by atoms with van der Waals surface area (Å²) in [6, 6.07) is 9.32. The number of benzene rings is 1. The van der Waals surface area contributed by atoms with Crippen molar-refractivity contribution >= 4 is 17.5 Å². The van der Waals surface area contributed by atoms with Crippen LogP contribution in [0.2, 0.25) is 5.15 Å². The SMILES string of the molecule is CCc1cc(C(=O)NCc2cccc(F)c2)cc(Cl)n1. The summed E-state index contributed by atoms with van der Waals surface area (Å²) in [4.78, 5) is 16.1. The van der Waals surface area contributed by atoms with E-state index in [1.807, 2.05) is 6.92 Å². The van der Waals surface area contributed by atoms with Crippen molar-refractivity contribution in [2.75, 3.05) is 0 Å². The van der Waals surface area contributed by atoms with Crippen molar-refractivity contribution in [3.63, 3.8) is 0 Å². The third-order valence-corrected chi connectivity index (χ3v) is 3.01. The van der Waals surface area contributed by atoms with Gasteiger partial charge in [0.1, 0.15) is 11.0 Å². The number of rotatable bonds is 4. The molecule has 0 saturated carbocycles. The summed E-state index contributed by atoms with van der Waals surface area (Å²) >= 11 is 5.87. The van der Waals surface area contributed by atoms with Gasteiger partial charge in [-0.25, -0.2) is 9.37 Å². The summed E-state index contributed by atoms with van der Waals surface area (Å²) in [6.07, 6.45) is 0.699. The molecule has 0 saturated heterocycles. The Morgan fingerprint density at radius 3 is 2.85 bits per heavy atom. The van der Waals surface area contributed by atoms with E-state index in [1.165, 1.54) is 18.2 Å². The molecule has 1 heterocycles. The van der Waals surface area contributed by atoms with Crippen LogP contribution >= 0.6 is 11.6 Å². The fourth-order valence-corrected chi connectivity index (χ4v) is 2.02. The number of aromatic nitrogens is 1. The van der Waals surface area contributed by atoms with Crippen molar-refractivity contribution < 1.29 is 9.18 Å². The summed E-state index contributed by atoms with van der Waals surface area (Å²) in [6.45, 7) is 2.20. The lowest BCUT2D eigenvalue weighted by atomic mass is 10.1. The van der Waals surface area contributed by atoms with Crippen molar-refractivity contribution in [3.8, 4) is 0 Å². The van der Waals surface area contributed by atoms with Crippen LogP contribution in [0.5, 0.6) is 0 Å². The van der Waals surface area contributed by atoms with Crippen LogP contribution in [0, 0.1) is 5.82 Å². The lowest BCUT2D eigenvalue weighted by Gasteiger charge is -2.07. The number of pyridine rings is 1. The summed E-state index contributed by atoms with van der Waals surface area (Å²) in [5, 5.41) is 3.02. The first-order chi connectivity index (χ1) is 9.58. The molecule has 1 aromatic carbocycles. The maximum absolute atomic E-state index is 13.0. The highest BCUT2D eigenvalue weighted by Crippen LogP contribution is 2.12. The lowest BCUT2D eigenvalue weighted by Crippen LogP contribution is -2.23. The molecule has 3 nitrogen and oxygen atoms in total. The molecule has 104 valence electrons. The Balaban J connectivity index is 2.07. The molecule has 0 unspecified atom stereocenters. The third-order valence-electron chi connectivity index (χ3n) is 2.81. The minimum absolute atomic E-state index is 0.256. The molecule has 0 aliphatic rings. The number of carbonyl (C=O) groups is 1. The van der Waals surface area contributed by atoms with Crippen LogP contribution in [0.15, 0.2) is 36.4 Å². The van der Waals surface area contributed by atoms with Crippen molar-refractivity contribution in [1.82, 2.24) is 10.3 Å². The maximum Gasteiger partial charge on any atom is 0.251 e. The first-order valence-electron chi connectivity index (χ1n) is 6.27.